The number of ether oxygens (including phenoxy) is 3. The molecule has 1 N–H and O–H groups in total. The summed E-state index contributed by atoms with van der Waals surface area (Å²) in [6.07, 6.45) is 4.53. The molecule has 2 aliphatic rings. The second-order valence-electron chi connectivity index (χ2n) is 5.46. The monoisotopic (exact) mass is 277 g/mol. The standard InChI is InChI=1S/C16H23NO3/c1-18-15-6-2-4-13(14-5-3-9-17-14)16(15)20-12-7-10-19-11-8-12/h2,4,6,12,14,17H,3,5,7-11H2,1H3. The van der Waals surface area contributed by atoms with Crippen LogP contribution in [-0.4, -0.2) is 33.0 Å². The second kappa shape index (κ2) is 6.46. The summed E-state index contributed by atoms with van der Waals surface area (Å²) >= 11 is 0. The van der Waals surface area contributed by atoms with Crippen LogP contribution in [0.3, 0.4) is 0 Å². The van der Waals surface area contributed by atoms with Crippen LogP contribution in [0, 0.1) is 0 Å². The summed E-state index contributed by atoms with van der Waals surface area (Å²) < 4.78 is 17.2. The molecule has 0 amide bonds. The number of para-hydroxylation sites is 1. The molecule has 4 heteroatoms. The largest absolute Gasteiger partial charge is 0.493 e. The summed E-state index contributed by atoms with van der Waals surface area (Å²) in [5, 5.41) is 3.54. The SMILES string of the molecule is COc1cccc(C2CCCN2)c1OC1CCOCC1. The molecule has 20 heavy (non-hydrogen) atoms. The van der Waals surface area contributed by atoms with Gasteiger partial charge < -0.3 is 19.5 Å². The minimum atomic E-state index is 0.236. The van der Waals surface area contributed by atoms with Crippen molar-refractivity contribution >= 4 is 0 Å². The van der Waals surface area contributed by atoms with E-state index >= 15 is 0 Å². The first-order valence-corrected chi connectivity index (χ1v) is 7.53. The summed E-state index contributed by atoms with van der Waals surface area (Å²) in [7, 11) is 1.71. The zero-order chi connectivity index (χ0) is 13.8. The maximum Gasteiger partial charge on any atom is 0.166 e. The van der Waals surface area contributed by atoms with Gasteiger partial charge in [-0.3, -0.25) is 0 Å². The molecular formula is C16H23NO3. The van der Waals surface area contributed by atoms with E-state index in [1.54, 1.807) is 7.11 Å². The fourth-order valence-corrected chi connectivity index (χ4v) is 3.00. The lowest BCUT2D eigenvalue weighted by molar-refractivity contribution is 0.0239. The van der Waals surface area contributed by atoms with E-state index < -0.39 is 0 Å². The van der Waals surface area contributed by atoms with Gasteiger partial charge in [0.25, 0.3) is 0 Å². The zero-order valence-corrected chi connectivity index (χ0v) is 12.1. The van der Waals surface area contributed by atoms with Gasteiger partial charge in [-0.05, 0) is 25.5 Å². The van der Waals surface area contributed by atoms with Crippen molar-refractivity contribution in [2.75, 3.05) is 26.9 Å². The fraction of sp³-hybridized carbons (Fsp3) is 0.625. The molecule has 1 aromatic carbocycles. The first kappa shape index (κ1) is 13.7. The predicted molar refractivity (Wildman–Crippen MR) is 77.4 cm³/mol. The highest BCUT2D eigenvalue weighted by Crippen LogP contribution is 2.39. The van der Waals surface area contributed by atoms with Gasteiger partial charge in [-0.25, -0.2) is 0 Å². The van der Waals surface area contributed by atoms with Crippen LogP contribution in [0.1, 0.15) is 37.3 Å². The number of hydrogen-bond donors (Lipinski definition) is 1. The third kappa shape index (κ3) is 2.91. The minimum absolute atomic E-state index is 0.236. The number of methoxy groups -OCH3 is 1. The fourth-order valence-electron chi connectivity index (χ4n) is 3.00. The van der Waals surface area contributed by atoms with Crippen LogP contribution in [0.25, 0.3) is 0 Å². The van der Waals surface area contributed by atoms with E-state index in [1.807, 2.05) is 12.1 Å². The molecule has 0 saturated carbocycles. The van der Waals surface area contributed by atoms with E-state index in [1.165, 1.54) is 12.0 Å². The van der Waals surface area contributed by atoms with E-state index in [9.17, 15) is 0 Å². The molecule has 2 aliphatic heterocycles. The Morgan fingerprint density at radius 3 is 2.75 bits per heavy atom. The average molecular weight is 277 g/mol. The first-order chi connectivity index (χ1) is 9.88. The smallest absolute Gasteiger partial charge is 0.166 e. The lowest BCUT2D eigenvalue weighted by Crippen LogP contribution is -2.27. The van der Waals surface area contributed by atoms with Crippen molar-refractivity contribution in [1.29, 1.82) is 0 Å². The summed E-state index contributed by atoms with van der Waals surface area (Å²) in [6.45, 7) is 2.66. The summed E-state index contributed by atoms with van der Waals surface area (Å²) in [5.74, 6) is 1.75. The Morgan fingerprint density at radius 1 is 1.20 bits per heavy atom. The van der Waals surface area contributed by atoms with Gasteiger partial charge in [0.15, 0.2) is 11.5 Å². The highest BCUT2D eigenvalue weighted by Gasteiger charge is 2.25. The number of benzene rings is 1. The van der Waals surface area contributed by atoms with Gasteiger partial charge in [-0.1, -0.05) is 12.1 Å². The molecule has 1 atom stereocenters. The Labute approximate surface area is 120 Å². The average Bonchev–Trinajstić information content (AvgIpc) is 3.02. The van der Waals surface area contributed by atoms with E-state index in [4.69, 9.17) is 14.2 Å². The Kier molecular flexibility index (Phi) is 4.43. The van der Waals surface area contributed by atoms with Crippen molar-refractivity contribution in [3.8, 4) is 11.5 Å². The molecule has 2 saturated heterocycles. The topological polar surface area (TPSA) is 39.7 Å². The molecule has 0 radical (unpaired) electrons. The van der Waals surface area contributed by atoms with Crippen molar-refractivity contribution in [1.82, 2.24) is 5.32 Å². The van der Waals surface area contributed by atoms with E-state index in [0.717, 1.165) is 50.5 Å². The Bertz CT molecular complexity index is 437. The van der Waals surface area contributed by atoms with Crippen molar-refractivity contribution < 1.29 is 14.2 Å². The van der Waals surface area contributed by atoms with E-state index in [0.29, 0.717) is 6.04 Å². The van der Waals surface area contributed by atoms with Crippen LogP contribution in [0.4, 0.5) is 0 Å². The molecular weight excluding hydrogens is 254 g/mol. The molecule has 1 aromatic rings. The lowest BCUT2D eigenvalue weighted by atomic mass is 10.0. The Morgan fingerprint density at radius 2 is 2.05 bits per heavy atom. The van der Waals surface area contributed by atoms with Crippen molar-refractivity contribution in [2.24, 2.45) is 0 Å². The lowest BCUT2D eigenvalue weighted by Gasteiger charge is -2.26. The van der Waals surface area contributed by atoms with Crippen LogP contribution in [0.5, 0.6) is 11.5 Å². The van der Waals surface area contributed by atoms with Crippen molar-refractivity contribution in [3.05, 3.63) is 23.8 Å². The summed E-state index contributed by atoms with van der Waals surface area (Å²) in [6, 6.07) is 6.57. The molecule has 110 valence electrons. The summed E-state index contributed by atoms with van der Waals surface area (Å²) in [5.41, 5.74) is 1.23. The minimum Gasteiger partial charge on any atom is -0.493 e. The van der Waals surface area contributed by atoms with Gasteiger partial charge >= 0.3 is 0 Å². The van der Waals surface area contributed by atoms with E-state index in [2.05, 4.69) is 11.4 Å². The molecule has 0 aromatic heterocycles. The first-order valence-electron chi connectivity index (χ1n) is 7.53. The predicted octanol–water partition coefficient (Wildman–Crippen LogP) is 2.68. The van der Waals surface area contributed by atoms with Gasteiger partial charge in [0.1, 0.15) is 6.10 Å². The number of rotatable bonds is 4. The molecule has 0 bridgehead atoms. The summed E-state index contributed by atoms with van der Waals surface area (Å²) in [4.78, 5) is 0. The normalized spacial score (nSPS) is 23.8. The third-order valence-corrected chi connectivity index (χ3v) is 4.12. The van der Waals surface area contributed by atoms with Gasteiger partial charge in [0, 0.05) is 24.4 Å². The second-order valence-corrected chi connectivity index (χ2v) is 5.46. The third-order valence-electron chi connectivity index (χ3n) is 4.12. The highest BCUT2D eigenvalue weighted by molar-refractivity contribution is 5.48. The Balaban J connectivity index is 1.84. The zero-order valence-electron chi connectivity index (χ0n) is 12.1. The van der Waals surface area contributed by atoms with Gasteiger partial charge in [0.05, 0.1) is 20.3 Å². The van der Waals surface area contributed by atoms with Gasteiger partial charge in [0.2, 0.25) is 0 Å². The van der Waals surface area contributed by atoms with Crippen LogP contribution in [-0.2, 0) is 4.74 Å². The molecule has 2 heterocycles. The van der Waals surface area contributed by atoms with E-state index in [-0.39, 0.29) is 6.10 Å². The number of nitrogens with one attached hydrogen (secondary N) is 1. The van der Waals surface area contributed by atoms with Crippen LogP contribution in [0.15, 0.2) is 18.2 Å². The Hall–Kier alpha value is -1.26. The molecule has 4 nitrogen and oxygen atoms in total. The maximum absolute atomic E-state index is 6.28. The van der Waals surface area contributed by atoms with Gasteiger partial charge in [-0.15, -0.1) is 0 Å². The highest BCUT2D eigenvalue weighted by atomic mass is 16.5. The number of hydrogen-bond acceptors (Lipinski definition) is 4. The molecule has 3 rings (SSSR count). The van der Waals surface area contributed by atoms with Crippen LogP contribution < -0.4 is 14.8 Å². The van der Waals surface area contributed by atoms with Crippen molar-refractivity contribution in [3.63, 3.8) is 0 Å². The molecule has 2 fully saturated rings. The molecule has 0 spiro atoms. The maximum atomic E-state index is 6.28. The van der Waals surface area contributed by atoms with Crippen molar-refractivity contribution in [2.45, 2.75) is 37.8 Å². The molecule has 1 unspecified atom stereocenters. The quantitative estimate of drug-likeness (QED) is 0.918. The van der Waals surface area contributed by atoms with Crippen LogP contribution in [0.2, 0.25) is 0 Å². The molecule has 0 aliphatic carbocycles. The van der Waals surface area contributed by atoms with Crippen LogP contribution >= 0.6 is 0 Å². The van der Waals surface area contributed by atoms with Gasteiger partial charge in [-0.2, -0.15) is 0 Å².